The normalized spacial score (nSPS) is 28.0. The largest absolute Gasteiger partial charge is 0.468 e. The molecule has 3 nitrogen and oxygen atoms in total. The first-order valence-electron chi connectivity index (χ1n) is 6.16. The van der Waals surface area contributed by atoms with E-state index in [1.807, 2.05) is 17.8 Å². The zero-order valence-corrected chi connectivity index (χ0v) is 12.4. The van der Waals surface area contributed by atoms with Gasteiger partial charge in [0.1, 0.15) is 5.54 Å². The number of thiophene rings is 1. The van der Waals surface area contributed by atoms with E-state index >= 15 is 0 Å². The zero-order chi connectivity index (χ0) is 13.0. The van der Waals surface area contributed by atoms with Gasteiger partial charge in [-0.2, -0.15) is 11.8 Å². The van der Waals surface area contributed by atoms with Crippen molar-refractivity contribution < 1.29 is 9.53 Å². The molecule has 2 unspecified atom stereocenters. The van der Waals surface area contributed by atoms with E-state index in [4.69, 9.17) is 4.74 Å². The maximum Gasteiger partial charge on any atom is 0.327 e. The molecule has 2 heterocycles. The Morgan fingerprint density at radius 1 is 1.67 bits per heavy atom. The molecule has 1 N–H and O–H groups in total. The van der Waals surface area contributed by atoms with Gasteiger partial charge < -0.3 is 4.74 Å². The van der Waals surface area contributed by atoms with Gasteiger partial charge in [-0.15, -0.1) is 11.3 Å². The molecule has 1 fully saturated rings. The first-order chi connectivity index (χ1) is 8.69. The Bertz CT molecular complexity index is 394. The van der Waals surface area contributed by atoms with Crippen LogP contribution in [0.1, 0.15) is 24.6 Å². The number of carbonyl (C=O) groups is 1. The fourth-order valence-corrected chi connectivity index (χ4v) is 4.26. The summed E-state index contributed by atoms with van der Waals surface area (Å²) in [5.74, 6) is 0.999. The van der Waals surface area contributed by atoms with Crippen LogP contribution < -0.4 is 5.32 Å². The summed E-state index contributed by atoms with van der Waals surface area (Å²) in [6, 6.07) is 4.12. The molecular formula is C13H19NO2S2. The van der Waals surface area contributed by atoms with Crippen LogP contribution in [0, 0.1) is 0 Å². The van der Waals surface area contributed by atoms with Gasteiger partial charge in [0, 0.05) is 16.7 Å². The standard InChI is InChI=1S/C13H19NO2S2/c1-10-13(12(15)16-2,6-4-8-17-10)14-9-11-5-3-7-18-11/h3,5,7,10,14H,4,6,8-9H2,1-2H3. The highest BCUT2D eigenvalue weighted by Crippen LogP contribution is 2.35. The summed E-state index contributed by atoms with van der Waals surface area (Å²) in [5.41, 5.74) is -0.526. The SMILES string of the molecule is COC(=O)C1(NCc2cccs2)CCCSC1C. The molecule has 0 radical (unpaired) electrons. The van der Waals surface area contributed by atoms with E-state index < -0.39 is 5.54 Å². The minimum atomic E-state index is -0.526. The number of hydrogen-bond acceptors (Lipinski definition) is 5. The maximum atomic E-state index is 12.2. The first-order valence-corrected chi connectivity index (χ1v) is 8.09. The van der Waals surface area contributed by atoms with Crippen LogP contribution in [-0.2, 0) is 16.1 Å². The van der Waals surface area contributed by atoms with Crippen molar-refractivity contribution in [2.75, 3.05) is 12.9 Å². The van der Waals surface area contributed by atoms with Crippen molar-refractivity contribution in [1.82, 2.24) is 5.32 Å². The fraction of sp³-hybridized carbons (Fsp3) is 0.615. The smallest absolute Gasteiger partial charge is 0.327 e. The fourth-order valence-electron chi connectivity index (χ4n) is 2.37. The topological polar surface area (TPSA) is 38.3 Å². The average molecular weight is 285 g/mol. The zero-order valence-electron chi connectivity index (χ0n) is 10.8. The minimum Gasteiger partial charge on any atom is -0.468 e. The molecule has 1 aliphatic heterocycles. The lowest BCUT2D eigenvalue weighted by Gasteiger charge is -2.40. The van der Waals surface area contributed by atoms with E-state index in [1.54, 1.807) is 11.3 Å². The number of hydrogen-bond donors (Lipinski definition) is 1. The summed E-state index contributed by atoms with van der Waals surface area (Å²) in [4.78, 5) is 13.4. The second-order valence-electron chi connectivity index (χ2n) is 4.51. The van der Waals surface area contributed by atoms with Gasteiger partial charge in [-0.3, -0.25) is 10.1 Å². The molecule has 18 heavy (non-hydrogen) atoms. The summed E-state index contributed by atoms with van der Waals surface area (Å²) in [5, 5.41) is 5.76. The number of nitrogens with one attached hydrogen (secondary N) is 1. The van der Waals surface area contributed by atoms with Crippen LogP contribution >= 0.6 is 23.1 Å². The number of rotatable bonds is 4. The van der Waals surface area contributed by atoms with E-state index in [0.29, 0.717) is 0 Å². The van der Waals surface area contributed by atoms with Crippen molar-refractivity contribution in [3.05, 3.63) is 22.4 Å². The van der Waals surface area contributed by atoms with Gasteiger partial charge in [-0.25, -0.2) is 0 Å². The summed E-state index contributed by atoms with van der Waals surface area (Å²) >= 11 is 3.56. The molecule has 0 bridgehead atoms. The van der Waals surface area contributed by atoms with Crippen LogP contribution in [0.4, 0.5) is 0 Å². The third kappa shape index (κ3) is 2.73. The Morgan fingerprint density at radius 2 is 2.50 bits per heavy atom. The molecule has 2 rings (SSSR count). The lowest BCUT2D eigenvalue weighted by molar-refractivity contribution is -0.149. The first kappa shape index (κ1) is 13.9. The van der Waals surface area contributed by atoms with E-state index in [-0.39, 0.29) is 11.2 Å². The van der Waals surface area contributed by atoms with Crippen molar-refractivity contribution in [2.24, 2.45) is 0 Å². The van der Waals surface area contributed by atoms with Crippen LogP contribution in [0.25, 0.3) is 0 Å². The highest BCUT2D eigenvalue weighted by atomic mass is 32.2. The molecule has 0 aliphatic carbocycles. The summed E-state index contributed by atoms with van der Waals surface area (Å²) in [6.07, 6.45) is 1.92. The Labute approximate surface area is 116 Å². The third-order valence-electron chi connectivity index (χ3n) is 3.49. The average Bonchev–Trinajstić information content (AvgIpc) is 2.90. The molecule has 0 saturated carbocycles. The van der Waals surface area contributed by atoms with E-state index in [1.165, 1.54) is 12.0 Å². The number of thioether (sulfide) groups is 1. The van der Waals surface area contributed by atoms with Crippen LogP contribution in [0.2, 0.25) is 0 Å². The summed E-state index contributed by atoms with van der Waals surface area (Å²) in [6.45, 7) is 2.85. The molecule has 0 spiro atoms. The molecule has 1 saturated heterocycles. The molecule has 1 aliphatic rings. The molecular weight excluding hydrogens is 266 g/mol. The van der Waals surface area contributed by atoms with Gasteiger partial charge >= 0.3 is 5.97 Å². The lowest BCUT2D eigenvalue weighted by Crippen LogP contribution is -2.59. The van der Waals surface area contributed by atoms with E-state index in [0.717, 1.165) is 25.1 Å². The Balaban J connectivity index is 2.11. The molecule has 1 aromatic rings. The van der Waals surface area contributed by atoms with Crippen molar-refractivity contribution >= 4 is 29.1 Å². The van der Waals surface area contributed by atoms with Gasteiger partial charge in [-0.1, -0.05) is 13.0 Å². The van der Waals surface area contributed by atoms with Crippen molar-refractivity contribution in [2.45, 2.75) is 37.1 Å². The molecule has 100 valence electrons. The molecule has 2 atom stereocenters. The van der Waals surface area contributed by atoms with Crippen molar-refractivity contribution in [1.29, 1.82) is 0 Å². The third-order valence-corrected chi connectivity index (χ3v) is 5.79. The molecule has 5 heteroatoms. The quantitative estimate of drug-likeness (QED) is 0.863. The van der Waals surface area contributed by atoms with Crippen LogP contribution in [0.3, 0.4) is 0 Å². The van der Waals surface area contributed by atoms with Gasteiger partial charge in [0.15, 0.2) is 0 Å². The monoisotopic (exact) mass is 285 g/mol. The number of carbonyl (C=O) groups excluding carboxylic acids is 1. The van der Waals surface area contributed by atoms with Gasteiger partial charge in [-0.05, 0) is 30.0 Å². The molecule has 0 aromatic carbocycles. The van der Waals surface area contributed by atoms with Gasteiger partial charge in [0.05, 0.1) is 7.11 Å². The maximum absolute atomic E-state index is 12.2. The Hall–Kier alpha value is -0.520. The number of ether oxygens (including phenoxy) is 1. The van der Waals surface area contributed by atoms with Crippen molar-refractivity contribution in [3.8, 4) is 0 Å². The summed E-state index contributed by atoms with van der Waals surface area (Å²) < 4.78 is 5.02. The van der Waals surface area contributed by atoms with Crippen molar-refractivity contribution in [3.63, 3.8) is 0 Å². The van der Waals surface area contributed by atoms with Crippen LogP contribution in [0.15, 0.2) is 17.5 Å². The van der Waals surface area contributed by atoms with Crippen LogP contribution in [0.5, 0.6) is 0 Å². The van der Waals surface area contributed by atoms with Gasteiger partial charge in [0.25, 0.3) is 0 Å². The predicted octanol–water partition coefficient (Wildman–Crippen LogP) is 2.67. The second kappa shape index (κ2) is 6.08. The van der Waals surface area contributed by atoms with Gasteiger partial charge in [0.2, 0.25) is 0 Å². The van der Waals surface area contributed by atoms with Crippen LogP contribution in [-0.4, -0.2) is 29.6 Å². The number of esters is 1. The summed E-state index contributed by atoms with van der Waals surface area (Å²) in [7, 11) is 1.48. The minimum absolute atomic E-state index is 0.126. The highest BCUT2D eigenvalue weighted by Gasteiger charge is 2.46. The predicted molar refractivity (Wildman–Crippen MR) is 77.1 cm³/mol. The highest BCUT2D eigenvalue weighted by molar-refractivity contribution is 8.00. The second-order valence-corrected chi connectivity index (χ2v) is 6.99. The number of methoxy groups -OCH3 is 1. The Morgan fingerprint density at radius 3 is 3.11 bits per heavy atom. The lowest BCUT2D eigenvalue weighted by atomic mass is 9.89. The Kier molecular flexibility index (Phi) is 4.70. The van der Waals surface area contributed by atoms with E-state index in [9.17, 15) is 4.79 Å². The van der Waals surface area contributed by atoms with E-state index in [2.05, 4.69) is 23.7 Å². The molecule has 1 aromatic heterocycles. The molecule has 0 amide bonds.